The first-order valence-electron chi connectivity index (χ1n) is 8.31. The van der Waals surface area contributed by atoms with Gasteiger partial charge in [-0.25, -0.2) is 0 Å². The fraction of sp³-hybridized carbons (Fsp3) is 0.368. The van der Waals surface area contributed by atoms with E-state index in [1.807, 2.05) is 35.2 Å². The van der Waals surface area contributed by atoms with Crippen LogP contribution in [0.4, 0.5) is 11.4 Å². The van der Waals surface area contributed by atoms with Crippen LogP contribution >= 0.6 is 0 Å². The van der Waals surface area contributed by atoms with Crippen LogP contribution in [0.2, 0.25) is 0 Å². The van der Waals surface area contributed by atoms with Gasteiger partial charge in [-0.2, -0.15) is 0 Å². The highest BCUT2D eigenvalue weighted by molar-refractivity contribution is 5.95. The molecule has 0 bridgehead atoms. The number of ether oxygens (including phenoxy) is 1. The first-order valence-corrected chi connectivity index (χ1v) is 8.31. The van der Waals surface area contributed by atoms with Gasteiger partial charge in [0.15, 0.2) is 0 Å². The number of carbonyl (C=O) groups is 1. The zero-order chi connectivity index (χ0) is 16.9. The lowest BCUT2D eigenvalue weighted by molar-refractivity contribution is 0.0682. The van der Waals surface area contributed by atoms with Crippen molar-refractivity contribution in [1.29, 1.82) is 0 Å². The third kappa shape index (κ3) is 3.67. The van der Waals surface area contributed by atoms with Gasteiger partial charge in [-0.1, -0.05) is 19.1 Å². The molecule has 1 aliphatic heterocycles. The molecule has 1 unspecified atom stereocenters. The molecule has 1 N–H and O–H groups in total. The molecule has 24 heavy (non-hydrogen) atoms. The molecule has 1 atom stereocenters. The van der Waals surface area contributed by atoms with Crippen molar-refractivity contribution in [3.63, 3.8) is 0 Å². The summed E-state index contributed by atoms with van der Waals surface area (Å²) in [5.74, 6) is 1.36. The topological polar surface area (TPSA) is 54.5 Å². The number of nitrogens with one attached hydrogen (secondary N) is 1. The number of para-hydroxylation sites is 2. The summed E-state index contributed by atoms with van der Waals surface area (Å²) in [6.45, 7) is 3.84. The second-order valence-corrected chi connectivity index (χ2v) is 6.29. The Morgan fingerprint density at radius 1 is 1.33 bits per heavy atom. The highest BCUT2D eigenvalue weighted by Gasteiger charge is 2.22. The number of aromatic nitrogens is 1. The summed E-state index contributed by atoms with van der Waals surface area (Å²) in [6, 6.07) is 9.52. The van der Waals surface area contributed by atoms with Crippen LogP contribution in [0.15, 0.2) is 42.7 Å². The van der Waals surface area contributed by atoms with Gasteiger partial charge in [0, 0.05) is 19.3 Å². The summed E-state index contributed by atoms with van der Waals surface area (Å²) >= 11 is 0. The van der Waals surface area contributed by atoms with Crippen LogP contribution in [0.25, 0.3) is 0 Å². The van der Waals surface area contributed by atoms with Crippen molar-refractivity contribution in [2.24, 2.45) is 5.92 Å². The van der Waals surface area contributed by atoms with Crippen molar-refractivity contribution in [1.82, 2.24) is 9.88 Å². The Morgan fingerprint density at radius 2 is 2.17 bits per heavy atom. The van der Waals surface area contributed by atoms with Crippen LogP contribution in [0, 0.1) is 5.92 Å². The van der Waals surface area contributed by atoms with Crippen molar-refractivity contribution >= 4 is 17.3 Å². The molecule has 1 aliphatic rings. The average Bonchev–Trinajstić information content (AvgIpc) is 2.62. The number of nitrogens with zero attached hydrogens (tertiary/aromatic N) is 2. The van der Waals surface area contributed by atoms with Gasteiger partial charge in [-0.3, -0.25) is 9.78 Å². The molecule has 5 nitrogen and oxygen atoms in total. The second kappa shape index (κ2) is 7.34. The number of likely N-dealkylation sites (tertiary alicyclic amines) is 1. The standard InChI is InChI=1S/C19H23N3O2/c1-14-6-5-9-22(13-14)19(23)15-10-16(12-20-11-15)21-17-7-3-4-8-18(17)24-2/h3-4,7-8,10-12,14,21H,5-6,9,13H2,1-2H3. The number of amides is 1. The van der Waals surface area contributed by atoms with E-state index in [1.165, 1.54) is 6.42 Å². The predicted octanol–water partition coefficient (Wildman–Crippen LogP) is 3.71. The average molecular weight is 325 g/mol. The van der Waals surface area contributed by atoms with Crippen molar-refractivity contribution in [2.75, 3.05) is 25.5 Å². The van der Waals surface area contributed by atoms with E-state index >= 15 is 0 Å². The van der Waals surface area contributed by atoms with Crippen LogP contribution in [-0.4, -0.2) is 36.0 Å². The van der Waals surface area contributed by atoms with Crippen LogP contribution in [0.1, 0.15) is 30.1 Å². The fourth-order valence-electron chi connectivity index (χ4n) is 3.09. The minimum absolute atomic E-state index is 0.0535. The molecular formula is C19H23N3O2. The Morgan fingerprint density at radius 3 is 2.96 bits per heavy atom. The highest BCUT2D eigenvalue weighted by atomic mass is 16.5. The minimum atomic E-state index is 0.0535. The Bertz CT molecular complexity index is 717. The van der Waals surface area contributed by atoms with Gasteiger partial charge in [0.25, 0.3) is 5.91 Å². The van der Waals surface area contributed by atoms with Crippen LogP contribution in [0.5, 0.6) is 5.75 Å². The van der Waals surface area contributed by atoms with Crippen molar-refractivity contribution < 1.29 is 9.53 Å². The largest absolute Gasteiger partial charge is 0.495 e. The summed E-state index contributed by atoms with van der Waals surface area (Å²) < 4.78 is 5.34. The van der Waals surface area contributed by atoms with E-state index in [1.54, 1.807) is 19.5 Å². The van der Waals surface area contributed by atoms with Crippen molar-refractivity contribution in [3.8, 4) is 5.75 Å². The number of hydrogen-bond acceptors (Lipinski definition) is 4. The first kappa shape index (κ1) is 16.3. The van der Waals surface area contributed by atoms with Crippen LogP contribution < -0.4 is 10.1 Å². The van der Waals surface area contributed by atoms with Crippen LogP contribution in [0.3, 0.4) is 0 Å². The Labute approximate surface area is 142 Å². The number of benzene rings is 1. The number of methoxy groups -OCH3 is 1. The molecule has 0 spiro atoms. The summed E-state index contributed by atoms with van der Waals surface area (Å²) in [5.41, 5.74) is 2.23. The van der Waals surface area contributed by atoms with Gasteiger partial charge in [-0.15, -0.1) is 0 Å². The molecule has 1 aromatic heterocycles. The predicted molar refractivity (Wildman–Crippen MR) is 94.8 cm³/mol. The maximum atomic E-state index is 12.7. The number of rotatable bonds is 4. The smallest absolute Gasteiger partial charge is 0.255 e. The summed E-state index contributed by atoms with van der Waals surface area (Å²) in [5, 5.41) is 3.27. The first-order chi connectivity index (χ1) is 11.7. The molecule has 1 aromatic carbocycles. The van der Waals surface area contributed by atoms with Crippen LogP contribution in [-0.2, 0) is 0 Å². The molecule has 0 saturated carbocycles. The van der Waals surface area contributed by atoms with Crippen molar-refractivity contribution in [3.05, 3.63) is 48.3 Å². The third-order valence-electron chi connectivity index (χ3n) is 4.32. The molecule has 1 saturated heterocycles. The molecule has 126 valence electrons. The lowest BCUT2D eigenvalue weighted by atomic mass is 10.00. The number of hydrogen-bond donors (Lipinski definition) is 1. The van der Waals surface area contributed by atoms with E-state index in [-0.39, 0.29) is 5.91 Å². The maximum Gasteiger partial charge on any atom is 0.255 e. The molecule has 0 aliphatic carbocycles. The van der Waals surface area contributed by atoms with E-state index in [2.05, 4.69) is 17.2 Å². The molecule has 3 rings (SSSR count). The van der Waals surface area contributed by atoms with Gasteiger partial charge in [-0.05, 0) is 37.0 Å². The normalized spacial score (nSPS) is 17.4. The zero-order valence-electron chi connectivity index (χ0n) is 14.2. The lowest BCUT2D eigenvalue weighted by Crippen LogP contribution is -2.39. The van der Waals surface area contributed by atoms with E-state index < -0.39 is 0 Å². The van der Waals surface area contributed by atoms with E-state index in [4.69, 9.17) is 4.74 Å². The second-order valence-electron chi connectivity index (χ2n) is 6.29. The zero-order valence-corrected chi connectivity index (χ0v) is 14.2. The Hall–Kier alpha value is -2.56. The molecule has 2 aromatic rings. The molecule has 2 heterocycles. The van der Waals surface area contributed by atoms with Crippen molar-refractivity contribution in [2.45, 2.75) is 19.8 Å². The minimum Gasteiger partial charge on any atom is -0.495 e. The quantitative estimate of drug-likeness (QED) is 0.931. The number of carbonyl (C=O) groups excluding carboxylic acids is 1. The lowest BCUT2D eigenvalue weighted by Gasteiger charge is -2.31. The van der Waals surface area contributed by atoms with Gasteiger partial charge in [0.05, 0.1) is 30.2 Å². The summed E-state index contributed by atoms with van der Waals surface area (Å²) in [7, 11) is 1.64. The Balaban J connectivity index is 1.77. The molecule has 1 amide bonds. The Kier molecular flexibility index (Phi) is 4.99. The van der Waals surface area contributed by atoms with E-state index in [0.29, 0.717) is 11.5 Å². The van der Waals surface area contributed by atoms with Gasteiger partial charge >= 0.3 is 0 Å². The number of pyridine rings is 1. The molecular weight excluding hydrogens is 302 g/mol. The SMILES string of the molecule is COc1ccccc1Nc1cncc(C(=O)N2CCCC(C)C2)c1. The van der Waals surface area contributed by atoms with Gasteiger partial charge in [0.1, 0.15) is 5.75 Å². The number of piperidine rings is 1. The maximum absolute atomic E-state index is 12.7. The summed E-state index contributed by atoms with van der Waals surface area (Å²) in [6.07, 6.45) is 5.61. The molecule has 5 heteroatoms. The fourth-order valence-corrected chi connectivity index (χ4v) is 3.09. The van der Waals surface area contributed by atoms with Gasteiger partial charge < -0.3 is 15.0 Å². The van der Waals surface area contributed by atoms with E-state index in [0.717, 1.165) is 36.6 Å². The highest BCUT2D eigenvalue weighted by Crippen LogP contribution is 2.27. The van der Waals surface area contributed by atoms with E-state index in [9.17, 15) is 4.79 Å². The van der Waals surface area contributed by atoms with Gasteiger partial charge in [0.2, 0.25) is 0 Å². The monoisotopic (exact) mass is 325 g/mol. The molecule has 0 radical (unpaired) electrons. The number of anilines is 2. The summed E-state index contributed by atoms with van der Waals surface area (Å²) in [4.78, 5) is 18.9. The third-order valence-corrected chi connectivity index (χ3v) is 4.32. The molecule has 1 fully saturated rings.